The van der Waals surface area contributed by atoms with E-state index in [4.69, 9.17) is 0 Å². The second-order valence-electron chi connectivity index (χ2n) is 4.50. The van der Waals surface area contributed by atoms with Crippen LogP contribution in [0.4, 0.5) is 0 Å². The minimum atomic E-state index is -0.411. The molecule has 0 bridgehead atoms. The average Bonchev–Trinajstić information content (AvgIpc) is 3.21. The first kappa shape index (κ1) is 12.3. The Labute approximate surface area is 114 Å². The summed E-state index contributed by atoms with van der Waals surface area (Å²) in [6.45, 7) is 0.666. The second kappa shape index (κ2) is 4.77. The molecule has 2 heterocycles. The van der Waals surface area contributed by atoms with Crippen molar-refractivity contribution < 1.29 is 9.53 Å². The summed E-state index contributed by atoms with van der Waals surface area (Å²) in [6, 6.07) is 7.54. The number of methoxy groups -OCH3 is 1. The van der Waals surface area contributed by atoms with Crippen molar-refractivity contribution in [2.24, 2.45) is 0 Å². The van der Waals surface area contributed by atoms with E-state index in [1.54, 1.807) is 4.57 Å². The summed E-state index contributed by atoms with van der Waals surface area (Å²) in [7, 11) is 1.33. The Bertz CT molecular complexity index is 685. The predicted octanol–water partition coefficient (Wildman–Crippen LogP) is 1.09. The zero-order chi connectivity index (χ0) is 13.4. The number of hydrogen-bond acceptors (Lipinski definition) is 4. The SMILES string of the molecule is COC(=O)Cn1c(=O)n(CC2CS2)c2ccccc21. The third-order valence-electron chi connectivity index (χ3n) is 3.23. The molecule has 100 valence electrons. The largest absolute Gasteiger partial charge is 0.468 e. The number of carbonyl (C=O) groups excluding carboxylic acids is 1. The first-order chi connectivity index (χ1) is 9.20. The van der Waals surface area contributed by atoms with Crippen LogP contribution in [-0.2, 0) is 22.6 Å². The Morgan fingerprint density at radius 1 is 1.37 bits per heavy atom. The number of ether oxygens (including phenoxy) is 1. The topological polar surface area (TPSA) is 53.2 Å². The van der Waals surface area contributed by atoms with Gasteiger partial charge >= 0.3 is 11.7 Å². The van der Waals surface area contributed by atoms with Crippen LogP contribution in [0.15, 0.2) is 29.1 Å². The summed E-state index contributed by atoms with van der Waals surface area (Å²) < 4.78 is 7.88. The van der Waals surface area contributed by atoms with Crippen molar-refractivity contribution in [3.05, 3.63) is 34.7 Å². The Morgan fingerprint density at radius 2 is 2.00 bits per heavy atom. The number of hydrogen-bond donors (Lipinski definition) is 0. The van der Waals surface area contributed by atoms with E-state index in [0.717, 1.165) is 16.8 Å². The van der Waals surface area contributed by atoms with Crippen LogP contribution in [0.3, 0.4) is 0 Å². The highest BCUT2D eigenvalue weighted by molar-refractivity contribution is 8.06. The van der Waals surface area contributed by atoms with E-state index in [0.29, 0.717) is 11.8 Å². The number of carbonyl (C=O) groups is 1. The highest BCUT2D eigenvalue weighted by atomic mass is 32.2. The van der Waals surface area contributed by atoms with E-state index in [1.165, 1.54) is 11.7 Å². The number of imidazole rings is 1. The maximum atomic E-state index is 12.4. The molecule has 1 unspecified atom stereocenters. The van der Waals surface area contributed by atoms with Gasteiger partial charge in [0.25, 0.3) is 0 Å². The number of aromatic nitrogens is 2. The minimum absolute atomic E-state index is 0.0410. The Kier molecular flexibility index (Phi) is 3.10. The molecular formula is C13H14N2O3S. The van der Waals surface area contributed by atoms with E-state index in [1.807, 2.05) is 36.0 Å². The van der Waals surface area contributed by atoms with E-state index in [-0.39, 0.29) is 12.2 Å². The zero-order valence-corrected chi connectivity index (χ0v) is 11.4. The summed E-state index contributed by atoms with van der Waals surface area (Å²) >= 11 is 1.85. The van der Waals surface area contributed by atoms with Gasteiger partial charge in [0.15, 0.2) is 0 Å². The molecular weight excluding hydrogens is 264 g/mol. The van der Waals surface area contributed by atoms with Gasteiger partial charge in [0.2, 0.25) is 0 Å². The molecule has 0 saturated carbocycles. The summed E-state index contributed by atoms with van der Waals surface area (Å²) in [5.41, 5.74) is 1.52. The molecule has 5 nitrogen and oxygen atoms in total. The maximum Gasteiger partial charge on any atom is 0.329 e. The fraction of sp³-hybridized carbons (Fsp3) is 0.385. The number of benzene rings is 1. The smallest absolute Gasteiger partial charge is 0.329 e. The van der Waals surface area contributed by atoms with Crippen molar-refractivity contribution in [2.45, 2.75) is 18.3 Å². The van der Waals surface area contributed by atoms with Crippen LogP contribution in [0.1, 0.15) is 0 Å². The van der Waals surface area contributed by atoms with Crippen LogP contribution in [-0.4, -0.2) is 33.2 Å². The fourth-order valence-corrected chi connectivity index (χ4v) is 2.67. The molecule has 0 N–H and O–H groups in total. The lowest BCUT2D eigenvalue weighted by Crippen LogP contribution is -2.28. The second-order valence-corrected chi connectivity index (χ2v) is 5.83. The third kappa shape index (κ3) is 2.28. The van der Waals surface area contributed by atoms with Crippen molar-refractivity contribution in [2.75, 3.05) is 12.9 Å². The fourth-order valence-electron chi connectivity index (χ4n) is 2.17. The van der Waals surface area contributed by atoms with Crippen LogP contribution in [0.2, 0.25) is 0 Å². The normalized spacial score (nSPS) is 17.6. The molecule has 0 aliphatic carbocycles. The number of nitrogens with zero attached hydrogens (tertiary/aromatic N) is 2. The third-order valence-corrected chi connectivity index (χ3v) is 4.18. The number of para-hydroxylation sites is 2. The van der Waals surface area contributed by atoms with Crippen molar-refractivity contribution in [3.63, 3.8) is 0 Å². The molecule has 3 rings (SSSR count). The van der Waals surface area contributed by atoms with Gasteiger partial charge in [0.1, 0.15) is 6.54 Å². The van der Waals surface area contributed by atoms with Gasteiger partial charge in [-0.3, -0.25) is 13.9 Å². The average molecular weight is 278 g/mol. The molecule has 1 aliphatic rings. The minimum Gasteiger partial charge on any atom is -0.468 e. The summed E-state index contributed by atoms with van der Waals surface area (Å²) in [5.74, 6) is 0.689. The van der Waals surface area contributed by atoms with Gasteiger partial charge in [-0.15, -0.1) is 0 Å². The molecule has 0 radical (unpaired) electrons. The summed E-state index contributed by atoms with van der Waals surface area (Å²) in [5, 5.41) is 0.523. The van der Waals surface area contributed by atoms with E-state index in [2.05, 4.69) is 4.74 Å². The van der Waals surface area contributed by atoms with Gasteiger partial charge in [-0.1, -0.05) is 12.1 Å². The molecule has 1 aliphatic heterocycles. The van der Waals surface area contributed by atoms with Crippen molar-refractivity contribution in [1.29, 1.82) is 0 Å². The van der Waals surface area contributed by atoms with Crippen LogP contribution < -0.4 is 5.69 Å². The van der Waals surface area contributed by atoms with Crippen LogP contribution in [0, 0.1) is 0 Å². The van der Waals surface area contributed by atoms with Gasteiger partial charge < -0.3 is 4.74 Å². The highest BCUT2D eigenvalue weighted by Gasteiger charge is 2.25. The first-order valence-corrected chi connectivity index (χ1v) is 7.12. The number of esters is 1. The molecule has 1 aromatic carbocycles. The zero-order valence-electron chi connectivity index (χ0n) is 10.5. The van der Waals surface area contributed by atoms with E-state index >= 15 is 0 Å². The number of rotatable bonds is 4. The monoisotopic (exact) mass is 278 g/mol. The predicted molar refractivity (Wildman–Crippen MR) is 74.5 cm³/mol. The summed E-state index contributed by atoms with van der Waals surface area (Å²) in [6.07, 6.45) is 0. The van der Waals surface area contributed by atoms with Gasteiger partial charge in [0, 0.05) is 17.5 Å². The lowest BCUT2D eigenvalue weighted by Gasteiger charge is -2.00. The van der Waals surface area contributed by atoms with Crippen LogP contribution >= 0.6 is 11.8 Å². The van der Waals surface area contributed by atoms with Gasteiger partial charge in [-0.05, 0) is 12.1 Å². The molecule has 0 spiro atoms. The quantitative estimate of drug-likeness (QED) is 0.620. The molecule has 1 fully saturated rings. The van der Waals surface area contributed by atoms with Gasteiger partial charge in [-0.25, -0.2) is 4.79 Å². The van der Waals surface area contributed by atoms with E-state index < -0.39 is 5.97 Å². The lowest BCUT2D eigenvalue weighted by atomic mass is 10.3. The highest BCUT2D eigenvalue weighted by Crippen LogP contribution is 2.31. The van der Waals surface area contributed by atoms with Crippen molar-refractivity contribution in [1.82, 2.24) is 9.13 Å². The molecule has 19 heavy (non-hydrogen) atoms. The Morgan fingerprint density at radius 3 is 2.58 bits per heavy atom. The Hall–Kier alpha value is -1.69. The molecule has 1 atom stereocenters. The van der Waals surface area contributed by atoms with E-state index in [9.17, 15) is 9.59 Å². The maximum absolute atomic E-state index is 12.4. The number of thioether (sulfide) groups is 1. The molecule has 1 aromatic heterocycles. The molecule has 2 aromatic rings. The summed E-state index contributed by atoms with van der Waals surface area (Å²) in [4.78, 5) is 23.8. The number of fused-ring (bicyclic) bond motifs is 1. The van der Waals surface area contributed by atoms with Crippen molar-refractivity contribution >= 4 is 28.8 Å². The van der Waals surface area contributed by atoms with Gasteiger partial charge in [0.05, 0.1) is 18.1 Å². The lowest BCUT2D eigenvalue weighted by molar-refractivity contribution is -0.141. The van der Waals surface area contributed by atoms with Crippen molar-refractivity contribution in [3.8, 4) is 0 Å². The molecule has 1 saturated heterocycles. The van der Waals surface area contributed by atoms with Crippen LogP contribution in [0.25, 0.3) is 11.0 Å². The Balaban J connectivity index is 2.11. The standard InChI is InChI=1S/C13H14N2O3S/c1-18-12(16)7-15-11-5-3-2-4-10(11)14(13(15)17)6-9-8-19-9/h2-5,9H,6-8H2,1H3. The van der Waals surface area contributed by atoms with Gasteiger partial charge in [-0.2, -0.15) is 11.8 Å². The molecule has 0 amide bonds. The van der Waals surface area contributed by atoms with Crippen LogP contribution in [0.5, 0.6) is 0 Å². The molecule has 6 heteroatoms. The first-order valence-electron chi connectivity index (χ1n) is 6.07.